The zero-order valence-electron chi connectivity index (χ0n) is 11.6. The van der Waals surface area contributed by atoms with Crippen LogP contribution in [0, 0.1) is 0 Å². The first-order valence-corrected chi connectivity index (χ1v) is 7.73. The van der Waals surface area contributed by atoms with E-state index in [-0.39, 0.29) is 36.3 Å². The Bertz CT molecular complexity index is 371. The summed E-state index contributed by atoms with van der Waals surface area (Å²) in [4.78, 5) is 6.19. The van der Waals surface area contributed by atoms with Crippen LogP contribution in [-0.4, -0.2) is 51.7 Å². The van der Waals surface area contributed by atoms with Crippen molar-refractivity contribution in [2.75, 3.05) is 32.4 Å². The van der Waals surface area contributed by atoms with Crippen molar-refractivity contribution in [3.8, 4) is 0 Å². The van der Waals surface area contributed by atoms with E-state index < -0.39 is 10.0 Å². The molecule has 0 rings (SSSR count). The van der Waals surface area contributed by atoms with E-state index in [9.17, 15) is 8.42 Å². The van der Waals surface area contributed by atoms with E-state index in [0.717, 1.165) is 25.9 Å². The Labute approximate surface area is 133 Å². The molecule has 0 radical (unpaired) electrons. The molecule has 0 aliphatic carbocycles. The van der Waals surface area contributed by atoms with Crippen LogP contribution in [0.3, 0.4) is 0 Å². The Hall–Kier alpha value is -0.350. The van der Waals surface area contributed by atoms with Crippen LogP contribution in [0.25, 0.3) is 0 Å². The quantitative estimate of drug-likeness (QED) is 0.206. The van der Waals surface area contributed by atoms with Gasteiger partial charge in [-0.2, -0.15) is 0 Å². The lowest BCUT2D eigenvalue weighted by Crippen LogP contribution is -2.39. The number of halogens is 1. The van der Waals surface area contributed by atoms with Gasteiger partial charge < -0.3 is 10.2 Å². The van der Waals surface area contributed by atoms with Crippen molar-refractivity contribution in [2.45, 2.75) is 19.8 Å². The van der Waals surface area contributed by atoms with Gasteiger partial charge in [0.1, 0.15) is 0 Å². The normalized spacial score (nSPS) is 11.6. The van der Waals surface area contributed by atoms with Crippen molar-refractivity contribution in [3.05, 3.63) is 12.7 Å². The van der Waals surface area contributed by atoms with Gasteiger partial charge in [0.05, 0.1) is 12.3 Å². The standard InChI is InChI=1S/C11H24N4O2S.HI/c1-4-6-7-9-15(3)11(13-5-2)14-8-10-18(12,16)17;/h4H,1,5-10H2,2-3H3,(H,13,14)(H2,12,16,17);1H. The Morgan fingerprint density at radius 3 is 2.63 bits per heavy atom. The van der Waals surface area contributed by atoms with Gasteiger partial charge in [0.25, 0.3) is 0 Å². The van der Waals surface area contributed by atoms with Crippen molar-refractivity contribution in [3.63, 3.8) is 0 Å². The molecular weight excluding hydrogens is 379 g/mol. The van der Waals surface area contributed by atoms with Gasteiger partial charge in [-0.1, -0.05) is 6.08 Å². The number of aliphatic imine (C=N–C) groups is 1. The minimum Gasteiger partial charge on any atom is -0.357 e. The van der Waals surface area contributed by atoms with Gasteiger partial charge in [-0.15, -0.1) is 30.6 Å². The molecule has 0 aromatic rings. The van der Waals surface area contributed by atoms with E-state index in [1.807, 2.05) is 24.9 Å². The van der Waals surface area contributed by atoms with Crippen molar-refractivity contribution >= 4 is 40.0 Å². The fraction of sp³-hybridized carbons (Fsp3) is 0.727. The van der Waals surface area contributed by atoms with Crippen LogP contribution in [-0.2, 0) is 10.0 Å². The topological polar surface area (TPSA) is 87.8 Å². The summed E-state index contributed by atoms with van der Waals surface area (Å²) < 4.78 is 21.6. The average Bonchev–Trinajstić information content (AvgIpc) is 2.26. The van der Waals surface area contributed by atoms with Crippen LogP contribution < -0.4 is 10.5 Å². The highest BCUT2D eigenvalue weighted by atomic mass is 127. The van der Waals surface area contributed by atoms with Gasteiger partial charge in [-0.05, 0) is 19.8 Å². The third-order valence-corrected chi connectivity index (χ3v) is 2.99. The molecule has 0 unspecified atom stereocenters. The summed E-state index contributed by atoms with van der Waals surface area (Å²) in [5, 5.41) is 8.04. The number of primary sulfonamides is 1. The number of nitrogens with one attached hydrogen (secondary N) is 1. The summed E-state index contributed by atoms with van der Waals surface area (Å²) in [6.07, 6.45) is 3.80. The first kappa shape index (κ1) is 21.0. The number of allylic oxidation sites excluding steroid dienone is 1. The molecule has 19 heavy (non-hydrogen) atoms. The molecule has 0 atom stereocenters. The van der Waals surface area contributed by atoms with E-state index >= 15 is 0 Å². The summed E-state index contributed by atoms with van der Waals surface area (Å²) in [6.45, 7) is 7.39. The number of unbranched alkanes of at least 4 members (excludes halogenated alkanes) is 1. The summed E-state index contributed by atoms with van der Waals surface area (Å²) in [6, 6.07) is 0. The van der Waals surface area contributed by atoms with Crippen molar-refractivity contribution in [1.29, 1.82) is 0 Å². The van der Waals surface area contributed by atoms with Crippen molar-refractivity contribution in [2.24, 2.45) is 10.1 Å². The third-order valence-electron chi connectivity index (χ3n) is 2.24. The predicted molar refractivity (Wildman–Crippen MR) is 91.4 cm³/mol. The fourth-order valence-corrected chi connectivity index (χ4v) is 1.67. The second-order valence-corrected chi connectivity index (χ2v) is 5.69. The first-order chi connectivity index (χ1) is 8.40. The Morgan fingerprint density at radius 2 is 2.16 bits per heavy atom. The highest BCUT2D eigenvalue weighted by Gasteiger charge is 2.06. The molecule has 0 aromatic heterocycles. The molecule has 0 saturated heterocycles. The Balaban J connectivity index is 0. The van der Waals surface area contributed by atoms with Crippen LogP contribution >= 0.6 is 24.0 Å². The van der Waals surface area contributed by atoms with Crippen LogP contribution in [0.2, 0.25) is 0 Å². The summed E-state index contributed by atoms with van der Waals surface area (Å²) >= 11 is 0. The molecule has 0 amide bonds. The third kappa shape index (κ3) is 12.4. The molecule has 0 aliphatic heterocycles. The molecule has 0 bridgehead atoms. The maximum absolute atomic E-state index is 10.8. The summed E-state index contributed by atoms with van der Waals surface area (Å²) in [7, 11) is -1.53. The van der Waals surface area contributed by atoms with E-state index in [1.54, 1.807) is 0 Å². The molecular formula is C11H25IN4O2S. The molecule has 0 spiro atoms. The lowest BCUT2D eigenvalue weighted by atomic mass is 10.3. The second kappa shape index (κ2) is 11.5. The molecule has 0 aromatic carbocycles. The molecule has 3 N–H and O–H groups in total. The predicted octanol–water partition coefficient (Wildman–Crippen LogP) is 0.756. The van der Waals surface area contributed by atoms with Crippen molar-refractivity contribution < 1.29 is 8.42 Å². The van der Waals surface area contributed by atoms with Crippen LogP contribution in [0.5, 0.6) is 0 Å². The lowest BCUT2D eigenvalue weighted by molar-refractivity contribution is 0.470. The Kier molecular flexibility index (Phi) is 12.7. The fourth-order valence-electron chi connectivity index (χ4n) is 1.33. The monoisotopic (exact) mass is 404 g/mol. The number of rotatable bonds is 8. The van der Waals surface area contributed by atoms with Crippen molar-refractivity contribution in [1.82, 2.24) is 10.2 Å². The number of nitrogens with zero attached hydrogens (tertiary/aromatic N) is 2. The number of hydrogen-bond acceptors (Lipinski definition) is 3. The van der Waals surface area contributed by atoms with E-state index in [2.05, 4.69) is 16.9 Å². The lowest BCUT2D eigenvalue weighted by Gasteiger charge is -2.21. The van der Waals surface area contributed by atoms with Gasteiger partial charge in [-0.25, -0.2) is 13.6 Å². The zero-order chi connectivity index (χ0) is 14.0. The zero-order valence-corrected chi connectivity index (χ0v) is 14.8. The number of nitrogens with two attached hydrogens (primary N) is 1. The average molecular weight is 404 g/mol. The van der Waals surface area contributed by atoms with Gasteiger partial charge in [0.15, 0.2) is 5.96 Å². The van der Waals surface area contributed by atoms with Gasteiger partial charge in [0, 0.05) is 20.1 Å². The molecule has 8 heteroatoms. The molecule has 0 aliphatic rings. The SMILES string of the molecule is C=CCCCN(C)C(=NCCS(N)(=O)=O)NCC.I. The van der Waals surface area contributed by atoms with Gasteiger partial charge in [0.2, 0.25) is 10.0 Å². The summed E-state index contributed by atoms with van der Waals surface area (Å²) in [5.74, 6) is 0.563. The molecule has 0 saturated carbocycles. The van der Waals surface area contributed by atoms with Gasteiger partial charge in [-0.3, -0.25) is 4.99 Å². The molecule has 6 nitrogen and oxygen atoms in total. The number of hydrogen-bond donors (Lipinski definition) is 2. The summed E-state index contributed by atoms with van der Waals surface area (Å²) in [5.41, 5.74) is 0. The Morgan fingerprint density at radius 1 is 1.53 bits per heavy atom. The number of guanidine groups is 1. The highest BCUT2D eigenvalue weighted by molar-refractivity contribution is 14.0. The minimum absolute atomic E-state index is 0. The van der Waals surface area contributed by atoms with Crippen LogP contribution in [0.1, 0.15) is 19.8 Å². The largest absolute Gasteiger partial charge is 0.357 e. The second-order valence-electron chi connectivity index (χ2n) is 3.96. The highest BCUT2D eigenvalue weighted by Crippen LogP contribution is 1.95. The van der Waals surface area contributed by atoms with Crippen LogP contribution in [0.4, 0.5) is 0 Å². The molecule has 0 heterocycles. The van der Waals surface area contributed by atoms with E-state index in [0.29, 0.717) is 5.96 Å². The first-order valence-electron chi connectivity index (χ1n) is 6.01. The maximum Gasteiger partial charge on any atom is 0.210 e. The maximum atomic E-state index is 10.8. The molecule has 114 valence electrons. The smallest absolute Gasteiger partial charge is 0.210 e. The minimum atomic E-state index is -3.45. The van der Waals surface area contributed by atoms with E-state index in [1.165, 1.54) is 0 Å². The number of sulfonamides is 1. The van der Waals surface area contributed by atoms with Gasteiger partial charge >= 0.3 is 0 Å². The molecule has 0 fully saturated rings. The van der Waals surface area contributed by atoms with E-state index in [4.69, 9.17) is 5.14 Å². The van der Waals surface area contributed by atoms with Crippen LogP contribution in [0.15, 0.2) is 17.6 Å².